The summed E-state index contributed by atoms with van der Waals surface area (Å²) in [6.45, 7) is 0.575. The minimum Gasteiger partial charge on any atom is -0.354 e. The second-order valence-corrected chi connectivity index (χ2v) is 4.53. The highest BCUT2D eigenvalue weighted by Crippen LogP contribution is 2.29. The molecule has 1 aliphatic rings. The smallest absolute Gasteiger partial charge is 0.354 e. The number of amides is 2. The Balaban J connectivity index is 2.04. The van der Waals surface area contributed by atoms with E-state index in [0.29, 0.717) is 13.0 Å². The normalized spacial score (nSPS) is 19.4. The van der Waals surface area contributed by atoms with Gasteiger partial charge in [-0.2, -0.15) is 13.2 Å². The van der Waals surface area contributed by atoms with E-state index in [1.807, 2.05) is 0 Å². The highest BCUT2D eigenvalue weighted by atomic mass is 19.4. The predicted octanol–water partition coefficient (Wildman–Crippen LogP) is 1.71. The summed E-state index contributed by atoms with van der Waals surface area (Å²) >= 11 is 0. The molecule has 1 aliphatic heterocycles. The van der Waals surface area contributed by atoms with E-state index >= 15 is 0 Å². The first kappa shape index (κ1) is 14.4. The molecule has 108 valence electrons. The largest absolute Gasteiger partial charge is 0.416 e. The maximum atomic E-state index is 12.4. The van der Waals surface area contributed by atoms with Crippen molar-refractivity contribution in [3.8, 4) is 0 Å². The number of carbonyl (C=O) groups excluding carboxylic acids is 2. The Morgan fingerprint density at radius 1 is 1.25 bits per heavy atom. The number of nitrogens with one attached hydrogen (secondary N) is 2. The zero-order valence-corrected chi connectivity index (χ0v) is 10.5. The Labute approximate surface area is 113 Å². The molecular weight excluding hydrogens is 273 g/mol. The second kappa shape index (κ2) is 5.52. The molecule has 7 heteroatoms. The van der Waals surface area contributed by atoms with Crippen LogP contribution in [0.15, 0.2) is 24.3 Å². The number of hydrogen-bond donors (Lipinski definition) is 2. The fourth-order valence-electron chi connectivity index (χ4n) is 1.96. The molecule has 1 atom stereocenters. The number of benzene rings is 1. The molecule has 0 saturated carbocycles. The summed E-state index contributed by atoms with van der Waals surface area (Å²) in [5, 5.41) is 5.13. The molecule has 2 N–H and O–H groups in total. The van der Waals surface area contributed by atoms with Gasteiger partial charge in [-0.15, -0.1) is 0 Å². The number of piperidine rings is 1. The van der Waals surface area contributed by atoms with Gasteiger partial charge in [0.25, 0.3) is 5.91 Å². The lowest BCUT2D eigenvalue weighted by Gasteiger charge is -2.22. The topological polar surface area (TPSA) is 58.2 Å². The highest BCUT2D eigenvalue weighted by molar-refractivity contribution is 5.97. The Hall–Kier alpha value is -2.05. The minimum absolute atomic E-state index is 0.0939. The Morgan fingerprint density at radius 3 is 2.45 bits per heavy atom. The molecule has 1 aromatic carbocycles. The van der Waals surface area contributed by atoms with E-state index in [1.54, 1.807) is 0 Å². The van der Waals surface area contributed by atoms with Gasteiger partial charge < -0.3 is 10.6 Å². The van der Waals surface area contributed by atoms with E-state index in [9.17, 15) is 22.8 Å². The van der Waals surface area contributed by atoms with Gasteiger partial charge in [-0.3, -0.25) is 9.59 Å². The van der Waals surface area contributed by atoms with Gasteiger partial charge >= 0.3 is 6.18 Å². The van der Waals surface area contributed by atoms with Gasteiger partial charge in [-0.05, 0) is 37.1 Å². The van der Waals surface area contributed by atoms with Crippen molar-refractivity contribution in [1.29, 1.82) is 0 Å². The van der Waals surface area contributed by atoms with Gasteiger partial charge in [-0.25, -0.2) is 0 Å². The van der Waals surface area contributed by atoms with Gasteiger partial charge in [0.2, 0.25) is 5.91 Å². The first-order valence-corrected chi connectivity index (χ1v) is 6.14. The average Bonchev–Trinajstić information content (AvgIpc) is 2.40. The molecule has 1 saturated heterocycles. The fourth-order valence-corrected chi connectivity index (χ4v) is 1.96. The lowest BCUT2D eigenvalue weighted by Crippen LogP contribution is -2.50. The molecule has 0 radical (unpaired) electrons. The Bertz CT molecular complexity index is 511. The van der Waals surface area contributed by atoms with Gasteiger partial charge in [0.15, 0.2) is 0 Å². The lowest BCUT2D eigenvalue weighted by molar-refractivity contribution is -0.137. The third kappa shape index (κ3) is 3.28. The SMILES string of the molecule is O=C(N[C@H]1CCCNC1=O)c1ccc(C(F)(F)F)cc1. The van der Waals surface area contributed by atoms with Crippen LogP contribution < -0.4 is 10.6 Å². The van der Waals surface area contributed by atoms with Gasteiger partial charge in [0, 0.05) is 12.1 Å². The van der Waals surface area contributed by atoms with Crippen LogP contribution in [0.3, 0.4) is 0 Å². The monoisotopic (exact) mass is 286 g/mol. The molecule has 1 aromatic rings. The molecule has 0 bridgehead atoms. The molecule has 0 aromatic heterocycles. The molecule has 1 heterocycles. The third-order valence-electron chi connectivity index (χ3n) is 3.07. The standard InChI is InChI=1S/C13H13F3N2O2/c14-13(15,16)9-5-3-8(4-6-9)11(19)18-10-2-1-7-17-12(10)20/h3-6,10H,1-2,7H2,(H,17,20)(H,18,19)/t10-/m0/s1. The van der Waals surface area contributed by atoms with E-state index in [-0.39, 0.29) is 11.5 Å². The molecule has 1 fully saturated rings. The highest BCUT2D eigenvalue weighted by Gasteiger charge is 2.30. The van der Waals surface area contributed by atoms with Crippen LogP contribution >= 0.6 is 0 Å². The summed E-state index contributed by atoms with van der Waals surface area (Å²) < 4.78 is 37.2. The van der Waals surface area contributed by atoms with Crippen LogP contribution in [0.2, 0.25) is 0 Å². The maximum Gasteiger partial charge on any atom is 0.416 e. The van der Waals surface area contributed by atoms with Crippen LogP contribution in [0.25, 0.3) is 0 Å². The molecule has 0 unspecified atom stereocenters. The summed E-state index contributed by atoms with van der Waals surface area (Å²) in [5.41, 5.74) is -0.721. The van der Waals surface area contributed by atoms with Gasteiger partial charge in [-0.1, -0.05) is 0 Å². The van der Waals surface area contributed by atoms with Gasteiger partial charge in [0.05, 0.1) is 5.56 Å². The van der Waals surface area contributed by atoms with Gasteiger partial charge in [0.1, 0.15) is 6.04 Å². The summed E-state index contributed by atoms with van der Waals surface area (Å²) in [4.78, 5) is 23.3. The third-order valence-corrected chi connectivity index (χ3v) is 3.07. The molecule has 20 heavy (non-hydrogen) atoms. The van der Waals surface area contributed by atoms with E-state index in [4.69, 9.17) is 0 Å². The Kier molecular flexibility index (Phi) is 3.96. The van der Waals surface area contributed by atoms with Crippen molar-refractivity contribution in [2.24, 2.45) is 0 Å². The van der Waals surface area contributed by atoms with Crippen molar-refractivity contribution in [2.75, 3.05) is 6.54 Å². The summed E-state index contributed by atoms with van der Waals surface area (Å²) in [5.74, 6) is -0.822. The molecule has 2 rings (SSSR count). The number of hydrogen-bond acceptors (Lipinski definition) is 2. The zero-order chi connectivity index (χ0) is 14.8. The molecule has 2 amide bonds. The minimum atomic E-state index is -4.43. The van der Waals surface area contributed by atoms with E-state index < -0.39 is 23.7 Å². The van der Waals surface area contributed by atoms with Crippen LogP contribution in [0.4, 0.5) is 13.2 Å². The number of rotatable bonds is 2. The number of carbonyl (C=O) groups is 2. The molecule has 4 nitrogen and oxygen atoms in total. The predicted molar refractivity (Wildman–Crippen MR) is 64.9 cm³/mol. The van der Waals surface area contributed by atoms with Crippen LogP contribution in [-0.4, -0.2) is 24.4 Å². The first-order valence-electron chi connectivity index (χ1n) is 6.14. The van der Waals surface area contributed by atoms with Crippen LogP contribution in [0.5, 0.6) is 0 Å². The quantitative estimate of drug-likeness (QED) is 0.869. The van der Waals surface area contributed by atoms with Crippen molar-refractivity contribution >= 4 is 11.8 Å². The molecule has 0 aliphatic carbocycles. The average molecular weight is 286 g/mol. The van der Waals surface area contributed by atoms with Crippen LogP contribution in [0, 0.1) is 0 Å². The van der Waals surface area contributed by atoms with E-state index in [2.05, 4.69) is 10.6 Å². The lowest BCUT2D eigenvalue weighted by atomic mass is 10.1. The van der Waals surface area contributed by atoms with Crippen molar-refractivity contribution in [3.05, 3.63) is 35.4 Å². The fraction of sp³-hybridized carbons (Fsp3) is 0.385. The summed E-state index contributed by atoms with van der Waals surface area (Å²) in [7, 11) is 0. The van der Waals surface area contributed by atoms with Crippen molar-refractivity contribution < 1.29 is 22.8 Å². The molecular formula is C13H13F3N2O2. The van der Waals surface area contributed by atoms with Crippen molar-refractivity contribution in [3.63, 3.8) is 0 Å². The first-order chi connectivity index (χ1) is 9.38. The Morgan fingerprint density at radius 2 is 1.90 bits per heavy atom. The summed E-state index contributed by atoms with van der Waals surface area (Å²) in [6, 6.07) is 3.25. The zero-order valence-electron chi connectivity index (χ0n) is 10.5. The summed E-state index contributed by atoms with van der Waals surface area (Å²) in [6.07, 6.45) is -3.15. The van der Waals surface area contributed by atoms with Crippen LogP contribution in [0.1, 0.15) is 28.8 Å². The van der Waals surface area contributed by atoms with Crippen molar-refractivity contribution in [2.45, 2.75) is 25.1 Å². The van der Waals surface area contributed by atoms with E-state index in [0.717, 1.165) is 30.7 Å². The van der Waals surface area contributed by atoms with Crippen molar-refractivity contribution in [1.82, 2.24) is 10.6 Å². The molecule has 0 spiro atoms. The van der Waals surface area contributed by atoms with E-state index in [1.165, 1.54) is 0 Å². The maximum absolute atomic E-state index is 12.4. The second-order valence-electron chi connectivity index (χ2n) is 4.53. The number of halogens is 3. The van der Waals surface area contributed by atoms with Crippen LogP contribution in [-0.2, 0) is 11.0 Å². The number of alkyl halides is 3.